The quantitative estimate of drug-likeness (QED) is 0.339. The molecule has 35 heavy (non-hydrogen) atoms. The topological polar surface area (TPSA) is 70.9 Å². The Morgan fingerprint density at radius 3 is 2.46 bits per heavy atom. The summed E-state index contributed by atoms with van der Waals surface area (Å²) in [5.41, 5.74) is 7.10. The minimum Gasteiger partial charge on any atom is -0.367 e. The molecule has 0 saturated heterocycles. The lowest BCUT2D eigenvalue weighted by atomic mass is 9.99. The van der Waals surface area contributed by atoms with Crippen molar-refractivity contribution in [3.63, 3.8) is 0 Å². The van der Waals surface area contributed by atoms with Gasteiger partial charge in [0.25, 0.3) is 0 Å². The fourth-order valence-corrected chi connectivity index (χ4v) is 4.33. The fraction of sp³-hybridized carbons (Fsp3) is 0.429. The van der Waals surface area contributed by atoms with Crippen LogP contribution in [0.5, 0.6) is 0 Å². The van der Waals surface area contributed by atoms with Gasteiger partial charge < -0.3 is 10.2 Å². The number of nitrogens with one attached hydrogen (secondary N) is 2. The first-order valence-corrected chi connectivity index (χ1v) is 12.6. The van der Waals surface area contributed by atoms with Crippen LogP contribution in [0.15, 0.2) is 47.3 Å². The number of rotatable bonds is 9. The van der Waals surface area contributed by atoms with Crippen LogP contribution in [0.2, 0.25) is 0 Å². The van der Waals surface area contributed by atoms with Gasteiger partial charge in [-0.25, -0.2) is 4.79 Å². The number of likely N-dealkylation sites (N-methyl/N-ethyl adjacent to an activating group) is 1. The van der Waals surface area contributed by atoms with E-state index < -0.39 is 0 Å². The molecule has 0 unspecified atom stereocenters. The van der Waals surface area contributed by atoms with Gasteiger partial charge in [0.2, 0.25) is 0 Å². The van der Waals surface area contributed by atoms with Gasteiger partial charge in [-0.05, 0) is 50.7 Å². The summed E-state index contributed by atoms with van der Waals surface area (Å²) < 4.78 is 3.38. The monoisotopic (exact) mass is 476 g/mol. The summed E-state index contributed by atoms with van der Waals surface area (Å²) in [6, 6.07) is 14.6. The minimum atomic E-state index is -0.0262. The van der Waals surface area contributed by atoms with Gasteiger partial charge >= 0.3 is 5.69 Å². The lowest BCUT2D eigenvalue weighted by Crippen LogP contribution is -2.26. The lowest BCUT2D eigenvalue weighted by molar-refractivity contribution is 0.340. The zero-order valence-corrected chi connectivity index (χ0v) is 22.3. The van der Waals surface area contributed by atoms with E-state index in [-0.39, 0.29) is 5.69 Å². The molecule has 2 heterocycles. The van der Waals surface area contributed by atoms with Gasteiger partial charge in [-0.1, -0.05) is 57.0 Å². The van der Waals surface area contributed by atoms with Gasteiger partial charge in [-0.2, -0.15) is 5.10 Å². The van der Waals surface area contributed by atoms with Gasteiger partial charge in [-0.3, -0.25) is 14.2 Å². The molecule has 0 spiro atoms. The maximum atomic E-state index is 12.4. The molecular formula is C28H40N6O. The Bertz CT molecular complexity index is 1310. The Kier molecular flexibility index (Phi) is 8.93. The second-order valence-electron chi connectivity index (χ2n) is 8.88. The van der Waals surface area contributed by atoms with Gasteiger partial charge in [0.15, 0.2) is 5.82 Å². The Balaban J connectivity index is 0.00000167. The van der Waals surface area contributed by atoms with E-state index in [1.807, 2.05) is 34.0 Å². The number of H-pyrrole nitrogens is 1. The van der Waals surface area contributed by atoms with Crippen molar-refractivity contribution < 1.29 is 0 Å². The van der Waals surface area contributed by atoms with E-state index in [1.165, 1.54) is 18.4 Å². The molecule has 0 bridgehead atoms. The van der Waals surface area contributed by atoms with Crippen molar-refractivity contribution in [2.24, 2.45) is 14.1 Å². The van der Waals surface area contributed by atoms with Crippen molar-refractivity contribution in [2.75, 3.05) is 32.0 Å². The third-order valence-electron chi connectivity index (χ3n) is 6.31. The predicted molar refractivity (Wildman–Crippen MR) is 148 cm³/mol. The van der Waals surface area contributed by atoms with E-state index in [1.54, 1.807) is 9.13 Å². The maximum Gasteiger partial charge on any atom is 0.328 e. The molecule has 0 aliphatic carbocycles. The summed E-state index contributed by atoms with van der Waals surface area (Å²) in [6.45, 7) is 11.2. The Labute approximate surface area is 208 Å². The number of imidazole rings is 1. The number of aryl methyl sites for hydroxylation is 3. The molecule has 0 aliphatic heterocycles. The average Bonchev–Trinajstić information content (AvgIpc) is 3.39. The van der Waals surface area contributed by atoms with Crippen molar-refractivity contribution in [1.82, 2.24) is 24.2 Å². The number of nitrogens with zero attached hydrogens (tertiary/aromatic N) is 4. The van der Waals surface area contributed by atoms with Crippen LogP contribution < -0.4 is 11.0 Å². The smallest absolute Gasteiger partial charge is 0.328 e. The van der Waals surface area contributed by atoms with E-state index in [2.05, 4.69) is 77.7 Å². The number of benzene rings is 2. The molecule has 0 aliphatic rings. The maximum absolute atomic E-state index is 12.4. The number of aromatic amines is 1. The number of anilines is 1. The fourth-order valence-electron chi connectivity index (χ4n) is 4.33. The normalized spacial score (nSPS) is 11.1. The molecule has 0 radical (unpaired) electrons. The molecule has 7 heteroatoms. The lowest BCUT2D eigenvalue weighted by Gasteiger charge is -2.16. The van der Waals surface area contributed by atoms with E-state index in [0.717, 1.165) is 58.9 Å². The van der Waals surface area contributed by atoms with Crippen LogP contribution in [0.3, 0.4) is 0 Å². The number of fused-ring (bicyclic) bond motifs is 1. The van der Waals surface area contributed by atoms with Crippen LogP contribution in [0.25, 0.3) is 33.4 Å². The molecule has 2 N–H and O–H groups in total. The van der Waals surface area contributed by atoms with Crippen LogP contribution >= 0.6 is 0 Å². The highest BCUT2D eigenvalue weighted by molar-refractivity contribution is 5.92. The average molecular weight is 477 g/mol. The molecule has 2 aromatic carbocycles. The summed E-state index contributed by atoms with van der Waals surface area (Å²) >= 11 is 0. The summed E-state index contributed by atoms with van der Waals surface area (Å²) in [5.74, 6) is 0.829. The van der Waals surface area contributed by atoms with E-state index in [9.17, 15) is 4.79 Å². The molecule has 0 saturated carbocycles. The minimum absolute atomic E-state index is 0.0262. The molecule has 0 amide bonds. The summed E-state index contributed by atoms with van der Waals surface area (Å²) in [4.78, 5) is 14.8. The van der Waals surface area contributed by atoms with Crippen LogP contribution in [0.1, 0.15) is 39.2 Å². The zero-order chi connectivity index (χ0) is 25.5. The molecule has 4 aromatic rings. The summed E-state index contributed by atoms with van der Waals surface area (Å²) in [5, 5.41) is 11.5. The van der Waals surface area contributed by atoms with Gasteiger partial charge in [0.1, 0.15) is 0 Å². The second kappa shape index (κ2) is 11.9. The number of hydrogen-bond donors (Lipinski definition) is 2. The highest BCUT2D eigenvalue weighted by Gasteiger charge is 2.19. The first kappa shape index (κ1) is 26.3. The molecule has 4 rings (SSSR count). The number of unbranched alkanes of at least 4 members (excludes halogenated alkanes) is 1. The Morgan fingerprint density at radius 2 is 1.74 bits per heavy atom. The van der Waals surface area contributed by atoms with Crippen molar-refractivity contribution >= 4 is 16.9 Å². The van der Waals surface area contributed by atoms with Crippen molar-refractivity contribution in [3.8, 4) is 22.4 Å². The van der Waals surface area contributed by atoms with Crippen LogP contribution in [-0.4, -0.2) is 50.9 Å². The van der Waals surface area contributed by atoms with E-state index >= 15 is 0 Å². The predicted octanol–water partition coefficient (Wildman–Crippen LogP) is 5.41. The molecule has 188 valence electrons. The molecule has 0 fully saturated rings. The second-order valence-corrected chi connectivity index (χ2v) is 8.88. The molecule has 0 atom stereocenters. The van der Waals surface area contributed by atoms with Crippen molar-refractivity contribution in [3.05, 3.63) is 58.5 Å². The number of hydrogen-bond acceptors (Lipinski definition) is 4. The molecular weight excluding hydrogens is 436 g/mol. The van der Waals surface area contributed by atoms with E-state index in [0.29, 0.717) is 0 Å². The third kappa shape index (κ3) is 5.68. The standard InChI is InChI=1S/C26H34N6O.C2H6/c1-6-7-14-30(3)15-13-27-25-23(24(28-29-25)20-10-8-9-18(2)16-20)19-11-12-21-22(17-19)32(5)26(33)31(21)4;1-2/h8-12,16-17H,6-7,13-15H2,1-5H3,(H2,27,28,29);1-2H3. The van der Waals surface area contributed by atoms with Gasteiger partial charge in [0, 0.05) is 32.7 Å². The van der Waals surface area contributed by atoms with E-state index in [4.69, 9.17) is 0 Å². The molecule has 7 nitrogen and oxygen atoms in total. The first-order valence-electron chi connectivity index (χ1n) is 12.6. The van der Waals surface area contributed by atoms with Crippen LogP contribution in [0.4, 0.5) is 5.82 Å². The third-order valence-corrected chi connectivity index (χ3v) is 6.31. The highest BCUT2D eigenvalue weighted by Crippen LogP contribution is 2.37. The summed E-state index contributed by atoms with van der Waals surface area (Å²) in [6.07, 6.45) is 2.41. The van der Waals surface area contributed by atoms with Crippen molar-refractivity contribution in [1.29, 1.82) is 0 Å². The van der Waals surface area contributed by atoms with Gasteiger partial charge in [0.05, 0.1) is 22.3 Å². The zero-order valence-electron chi connectivity index (χ0n) is 22.3. The van der Waals surface area contributed by atoms with Crippen LogP contribution in [0, 0.1) is 6.92 Å². The first-order chi connectivity index (χ1) is 16.9. The Hall–Kier alpha value is -3.32. The molecule has 2 aromatic heterocycles. The van der Waals surface area contributed by atoms with Crippen molar-refractivity contribution in [2.45, 2.75) is 40.5 Å². The SMILES string of the molecule is CC.CCCCN(C)CCNc1n[nH]c(-c2cccc(C)c2)c1-c1ccc2c(c1)n(C)c(=O)n2C. The largest absolute Gasteiger partial charge is 0.367 e. The Morgan fingerprint density at radius 1 is 1.00 bits per heavy atom. The van der Waals surface area contributed by atoms with Gasteiger partial charge in [-0.15, -0.1) is 0 Å². The highest BCUT2D eigenvalue weighted by atomic mass is 16.1. The summed E-state index contributed by atoms with van der Waals surface area (Å²) in [7, 11) is 5.78. The number of aromatic nitrogens is 4. The van der Waals surface area contributed by atoms with Crippen LogP contribution in [-0.2, 0) is 14.1 Å².